The Hall–Kier alpha value is -3.47. The summed E-state index contributed by atoms with van der Waals surface area (Å²) in [5.74, 6) is -0.234. The van der Waals surface area contributed by atoms with Gasteiger partial charge >= 0.3 is 0 Å². The molecule has 1 aliphatic rings. The average Bonchev–Trinajstić information content (AvgIpc) is 3.63. The van der Waals surface area contributed by atoms with Crippen LogP contribution >= 0.6 is 0 Å². The highest BCUT2D eigenvalue weighted by Crippen LogP contribution is 2.33. The molecule has 1 saturated carbocycles. The molecule has 3 aromatic rings. The molecule has 0 bridgehead atoms. The molecule has 1 fully saturated rings. The van der Waals surface area contributed by atoms with E-state index < -0.39 is 0 Å². The summed E-state index contributed by atoms with van der Waals surface area (Å²) < 4.78 is 13.3. The van der Waals surface area contributed by atoms with Crippen LogP contribution in [0.4, 0.5) is 10.1 Å². The van der Waals surface area contributed by atoms with Crippen LogP contribution in [0.2, 0.25) is 0 Å². The first-order valence-electron chi connectivity index (χ1n) is 10.9. The molecule has 0 unspecified atom stereocenters. The molecule has 2 amide bonds. The van der Waals surface area contributed by atoms with Gasteiger partial charge in [-0.3, -0.25) is 9.59 Å². The lowest BCUT2D eigenvalue weighted by Gasteiger charge is -2.24. The van der Waals surface area contributed by atoms with E-state index in [0.29, 0.717) is 13.1 Å². The van der Waals surface area contributed by atoms with Crippen molar-refractivity contribution < 1.29 is 14.0 Å². The third-order valence-electron chi connectivity index (χ3n) is 5.61. The number of halogens is 1. The van der Waals surface area contributed by atoms with Gasteiger partial charge in [0.05, 0.1) is 13.0 Å². The first kappa shape index (κ1) is 21.8. The minimum absolute atomic E-state index is 0.0525. The maximum Gasteiger partial charge on any atom is 0.230 e. The van der Waals surface area contributed by atoms with Gasteiger partial charge in [-0.25, -0.2) is 4.39 Å². The number of benzene rings is 3. The number of rotatable bonds is 8. The fourth-order valence-electron chi connectivity index (χ4n) is 3.72. The second-order valence-corrected chi connectivity index (χ2v) is 8.44. The normalized spacial score (nSPS) is 12.9. The summed E-state index contributed by atoms with van der Waals surface area (Å²) in [4.78, 5) is 27.2. The molecule has 0 aliphatic heterocycles. The molecule has 1 aliphatic carbocycles. The zero-order chi connectivity index (χ0) is 22.5. The standard InChI is InChI=1S/C27H27FN2O2/c1-19-4-2-6-22(14-19)17-29-26(31)16-21-5-3-7-25(15-21)30(27(32)23-10-11-23)18-20-8-12-24(28)13-9-20/h2-9,12-15,23H,10-11,16-18H2,1H3,(H,29,31). The van der Waals surface area contributed by atoms with Crippen LogP contribution in [0.3, 0.4) is 0 Å². The first-order valence-corrected chi connectivity index (χ1v) is 10.9. The molecule has 0 radical (unpaired) electrons. The maximum atomic E-state index is 13.3. The van der Waals surface area contributed by atoms with Crippen LogP contribution in [0.5, 0.6) is 0 Å². The number of aryl methyl sites for hydroxylation is 1. The Kier molecular flexibility index (Phi) is 6.64. The van der Waals surface area contributed by atoms with E-state index in [9.17, 15) is 14.0 Å². The van der Waals surface area contributed by atoms with Crippen LogP contribution in [-0.2, 0) is 29.1 Å². The van der Waals surface area contributed by atoms with Gasteiger partial charge in [0.15, 0.2) is 0 Å². The highest BCUT2D eigenvalue weighted by Gasteiger charge is 2.34. The van der Waals surface area contributed by atoms with Crippen molar-refractivity contribution in [3.63, 3.8) is 0 Å². The highest BCUT2D eigenvalue weighted by molar-refractivity contribution is 5.96. The largest absolute Gasteiger partial charge is 0.352 e. The Labute approximate surface area is 188 Å². The van der Waals surface area contributed by atoms with Crippen molar-refractivity contribution in [2.45, 2.75) is 39.3 Å². The minimum Gasteiger partial charge on any atom is -0.352 e. The maximum absolute atomic E-state index is 13.3. The topological polar surface area (TPSA) is 49.4 Å². The van der Waals surface area contributed by atoms with Crippen molar-refractivity contribution in [1.29, 1.82) is 0 Å². The predicted octanol–water partition coefficient (Wildman–Crippen LogP) is 4.94. The molecule has 0 atom stereocenters. The van der Waals surface area contributed by atoms with E-state index in [-0.39, 0.29) is 30.0 Å². The van der Waals surface area contributed by atoms with Gasteiger partial charge in [0.25, 0.3) is 0 Å². The Morgan fingerprint density at radius 1 is 0.938 bits per heavy atom. The number of anilines is 1. The van der Waals surface area contributed by atoms with E-state index in [1.807, 2.05) is 49.4 Å². The number of amides is 2. The van der Waals surface area contributed by atoms with Crippen molar-refractivity contribution >= 4 is 17.5 Å². The average molecular weight is 431 g/mol. The zero-order valence-electron chi connectivity index (χ0n) is 18.2. The fourth-order valence-corrected chi connectivity index (χ4v) is 3.72. The van der Waals surface area contributed by atoms with E-state index in [1.54, 1.807) is 17.0 Å². The molecule has 1 N–H and O–H groups in total. The molecule has 0 heterocycles. The molecule has 4 nitrogen and oxygen atoms in total. The Morgan fingerprint density at radius 2 is 1.66 bits per heavy atom. The second kappa shape index (κ2) is 9.77. The summed E-state index contributed by atoms with van der Waals surface area (Å²) in [6, 6.07) is 21.8. The Bertz CT molecular complexity index is 1110. The van der Waals surface area contributed by atoms with E-state index in [2.05, 4.69) is 11.4 Å². The number of nitrogens with one attached hydrogen (secondary N) is 1. The van der Waals surface area contributed by atoms with Gasteiger partial charge in [-0.15, -0.1) is 0 Å². The molecule has 3 aromatic carbocycles. The molecule has 0 saturated heterocycles. The quantitative estimate of drug-likeness (QED) is 0.551. The number of carbonyl (C=O) groups is 2. The summed E-state index contributed by atoms with van der Waals surface area (Å²) >= 11 is 0. The third-order valence-corrected chi connectivity index (χ3v) is 5.61. The van der Waals surface area contributed by atoms with Gasteiger partial charge in [0.2, 0.25) is 11.8 Å². The summed E-state index contributed by atoms with van der Waals surface area (Å²) in [6.07, 6.45) is 2.04. The lowest BCUT2D eigenvalue weighted by atomic mass is 10.1. The van der Waals surface area contributed by atoms with E-state index >= 15 is 0 Å². The molecule has 4 rings (SSSR count). The molecule has 0 spiro atoms. The molecule has 164 valence electrons. The van der Waals surface area contributed by atoms with Crippen LogP contribution in [0, 0.1) is 18.7 Å². The van der Waals surface area contributed by atoms with Crippen molar-refractivity contribution in [1.82, 2.24) is 5.32 Å². The van der Waals surface area contributed by atoms with Gasteiger partial charge in [-0.2, -0.15) is 0 Å². The molecular formula is C27H27FN2O2. The van der Waals surface area contributed by atoms with Crippen LogP contribution in [0.15, 0.2) is 72.8 Å². The predicted molar refractivity (Wildman–Crippen MR) is 123 cm³/mol. The van der Waals surface area contributed by atoms with Crippen LogP contribution < -0.4 is 10.2 Å². The Balaban J connectivity index is 1.45. The fraction of sp³-hybridized carbons (Fsp3) is 0.259. The minimum atomic E-state index is -0.299. The van der Waals surface area contributed by atoms with Crippen molar-refractivity contribution in [2.75, 3.05) is 4.90 Å². The van der Waals surface area contributed by atoms with Gasteiger partial charge in [0.1, 0.15) is 5.82 Å². The second-order valence-electron chi connectivity index (χ2n) is 8.44. The summed E-state index contributed by atoms with van der Waals surface area (Å²) in [5, 5.41) is 2.96. The summed E-state index contributed by atoms with van der Waals surface area (Å²) in [7, 11) is 0. The molecular weight excluding hydrogens is 403 g/mol. The SMILES string of the molecule is Cc1cccc(CNC(=O)Cc2cccc(N(Cc3ccc(F)cc3)C(=O)C3CC3)c2)c1. The number of hydrogen-bond donors (Lipinski definition) is 1. The highest BCUT2D eigenvalue weighted by atomic mass is 19.1. The number of carbonyl (C=O) groups excluding carboxylic acids is 2. The lowest BCUT2D eigenvalue weighted by Crippen LogP contribution is -2.32. The summed E-state index contributed by atoms with van der Waals surface area (Å²) in [5.41, 5.74) is 4.69. The zero-order valence-corrected chi connectivity index (χ0v) is 18.2. The molecule has 32 heavy (non-hydrogen) atoms. The van der Waals surface area contributed by atoms with Crippen LogP contribution in [-0.4, -0.2) is 11.8 Å². The Morgan fingerprint density at radius 3 is 2.38 bits per heavy atom. The van der Waals surface area contributed by atoms with Crippen LogP contribution in [0.25, 0.3) is 0 Å². The number of hydrogen-bond acceptors (Lipinski definition) is 2. The van der Waals surface area contributed by atoms with Gasteiger partial charge < -0.3 is 10.2 Å². The first-order chi connectivity index (χ1) is 15.5. The molecule has 5 heteroatoms. The van der Waals surface area contributed by atoms with E-state index in [1.165, 1.54) is 12.1 Å². The lowest BCUT2D eigenvalue weighted by molar-refractivity contribution is -0.121. The van der Waals surface area contributed by atoms with Crippen molar-refractivity contribution in [2.24, 2.45) is 5.92 Å². The van der Waals surface area contributed by atoms with Gasteiger partial charge in [-0.1, -0.05) is 54.1 Å². The summed E-state index contributed by atoms with van der Waals surface area (Å²) in [6.45, 7) is 2.88. The smallest absolute Gasteiger partial charge is 0.230 e. The van der Waals surface area contributed by atoms with Crippen molar-refractivity contribution in [3.05, 3.63) is 101 Å². The monoisotopic (exact) mass is 430 g/mol. The van der Waals surface area contributed by atoms with Crippen LogP contribution in [0.1, 0.15) is 35.1 Å². The third kappa shape index (κ3) is 5.82. The van der Waals surface area contributed by atoms with Crippen molar-refractivity contribution in [3.8, 4) is 0 Å². The van der Waals surface area contributed by atoms with E-state index in [0.717, 1.165) is 40.8 Å². The molecule has 0 aromatic heterocycles. The van der Waals surface area contributed by atoms with Gasteiger partial charge in [0, 0.05) is 18.2 Å². The van der Waals surface area contributed by atoms with Gasteiger partial charge in [-0.05, 0) is 60.7 Å². The van der Waals surface area contributed by atoms with E-state index in [4.69, 9.17) is 0 Å². The number of nitrogens with zero attached hydrogens (tertiary/aromatic N) is 1.